The van der Waals surface area contributed by atoms with Crippen LogP contribution in [0.5, 0.6) is 0 Å². The van der Waals surface area contributed by atoms with Gasteiger partial charge < -0.3 is 10.3 Å². The standard InChI is InChI=1S/C12H11F3N2O3S/c1-21(18,19)6-9-10(11(16)20-17-9)7-3-2-4-8(5-7)12(13,14)15/h2-5H,6,16H2,1H3. The number of halogens is 3. The molecule has 0 atom stereocenters. The van der Waals surface area contributed by atoms with E-state index >= 15 is 0 Å². The normalized spacial score (nSPS) is 12.6. The Morgan fingerprint density at radius 1 is 1.33 bits per heavy atom. The maximum absolute atomic E-state index is 12.7. The van der Waals surface area contributed by atoms with Crippen molar-refractivity contribution in [1.29, 1.82) is 0 Å². The molecule has 2 N–H and O–H groups in total. The zero-order chi connectivity index (χ0) is 15.8. The van der Waals surface area contributed by atoms with Gasteiger partial charge in [-0.25, -0.2) is 8.42 Å². The van der Waals surface area contributed by atoms with Gasteiger partial charge in [-0.15, -0.1) is 0 Å². The zero-order valence-corrected chi connectivity index (χ0v) is 11.6. The molecule has 0 saturated heterocycles. The van der Waals surface area contributed by atoms with E-state index in [1.165, 1.54) is 12.1 Å². The number of hydrogen-bond acceptors (Lipinski definition) is 5. The van der Waals surface area contributed by atoms with Gasteiger partial charge in [-0.05, 0) is 17.7 Å². The zero-order valence-electron chi connectivity index (χ0n) is 10.8. The molecule has 0 aliphatic carbocycles. The number of alkyl halides is 3. The molecule has 0 amide bonds. The average Bonchev–Trinajstić information content (AvgIpc) is 2.67. The monoisotopic (exact) mass is 320 g/mol. The van der Waals surface area contributed by atoms with Gasteiger partial charge in [-0.1, -0.05) is 17.3 Å². The first kappa shape index (κ1) is 15.4. The summed E-state index contributed by atoms with van der Waals surface area (Å²) < 4.78 is 65.5. The molecule has 9 heteroatoms. The molecule has 0 bridgehead atoms. The number of nitrogens with two attached hydrogens (primary N) is 1. The van der Waals surface area contributed by atoms with Crippen LogP contribution in [0.15, 0.2) is 28.8 Å². The van der Waals surface area contributed by atoms with Crippen LogP contribution in [-0.4, -0.2) is 19.8 Å². The third-order valence-corrected chi connectivity index (χ3v) is 3.46. The van der Waals surface area contributed by atoms with Crippen LogP contribution in [0.4, 0.5) is 19.1 Å². The largest absolute Gasteiger partial charge is 0.416 e. The second-order valence-electron chi connectivity index (χ2n) is 4.52. The Bertz CT molecular complexity index is 766. The molecule has 0 radical (unpaired) electrons. The van der Waals surface area contributed by atoms with E-state index in [9.17, 15) is 21.6 Å². The minimum Gasteiger partial charge on any atom is -0.367 e. The predicted octanol–water partition coefficient (Wildman–Crippen LogP) is 2.49. The maximum atomic E-state index is 12.7. The second-order valence-corrected chi connectivity index (χ2v) is 6.66. The first-order chi connectivity index (χ1) is 9.58. The highest BCUT2D eigenvalue weighted by Crippen LogP contribution is 2.35. The molecule has 0 spiro atoms. The predicted molar refractivity (Wildman–Crippen MR) is 69.9 cm³/mol. The molecule has 0 aliphatic rings. The van der Waals surface area contributed by atoms with Gasteiger partial charge in [0.2, 0.25) is 5.88 Å². The van der Waals surface area contributed by atoms with Gasteiger partial charge in [0.1, 0.15) is 5.69 Å². The number of benzene rings is 1. The number of hydrogen-bond donors (Lipinski definition) is 1. The van der Waals surface area contributed by atoms with Crippen LogP contribution < -0.4 is 5.73 Å². The molecule has 0 saturated carbocycles. The lowest BCUT2D eigenvalue weighted by molar-refractivity contribution is -0.137. The van der Waals surface area contributed by atoms with E-state index in [0.717, 1.165) is 18.4 Å². The van der Waals surface area contributed by atoms with Crippen LogP contribution in [0.2, 0.25) is 0 Å². The van der Waals surface area contributed by atoms with Gasteiger partial charge in [0.15, 0.2) is 9.84 Å². The molecule has 21 heavy (non-hydrogen) atoms. The SMILES string of the molecule is CS(=O)(=O)Cc1noc(N)c1-c1cccc(C(F)(F)F)c1. The summed E-state index contributed by atoms with van der Waals surface area (Å²) in [4.78, 5) is 0. The first-order valence-electron chi connectivity index (χ1n) is 5.67. The quantitative estimate of drug-likeness (QED) is 0.939. The summed E-state index contributed by atoms with van der Waals surface area (Å²) in [5.41, 5.74) is 4.82. The molecular weight excluding hydrogens is 309 g/mol. The van der Waals surface area contributed by atoms with Crippen molar-refractivity contribution in [2.75, 3.05) is 12.0 Å². The fraction of sp³-hybridized carbons (Fsp3) is 0.250. The van der Waals surface area contributed by atoms with Crippen molar-refractivity contribution >= 4 is 15.7 Å². The van der Waals surface area contributed by atoms with Crippen molar-refractivity contribution in [2.24, 2.45) is 0 Å². The highest BCUT2D eigenvalue weighted by Gasteiger charge is 2.31. The third kappa shape index (κ3) is 3.54. The Morgan fingerprint density at radius 3 is 2.57 bits per heavy atom. The van der Waals surface area contributed by atoms with E-state index in [1.54, 1.807) is 0 Å². The molecule has 1 aromatic carbocycles. The van der Waals surface area contributed by atoms with Crippen LogP contribution in [0.3, 0.4) is 0 Å². The second kappa shape index (κ2) is 5.06. The molecule has 1 heterocycles. The smallest absolute Gasteiger partial charge is 0.367 e. The van der Waals surface area contributed by atoms with E-state index in [4.69, 9.17) is 10.3 Å². The molecule has 0 aliphatic heterocycles. The number of anilines is 1. The first-order valence-corrected chi connectivity index (χ1v) is 7.73. The van der Waals surface area contributed by atoms with Gasteiger partial charge in [0, 0.05) is 6.26 Å². The third-order valence-electron chi connectivity index (χ3n) is 2.67. The summed E-state index contributed by atoms with van der Waals surface area (Å²) in [6.45, 7) is 0. The Labute approximate surface area is 118 Å². The summed E-state index contributed by atoms with van der Waals surface area (Å²) >= 11 is 0. The minimum atomic E-state index is -4.51. The van der Waals surface area contributed by atoms with Crippen LogP contribution in [-0.2, 0) is 21.8 Å². The molecule has 1 aromatic heterocycles. The van der Waals surface area contributed by atoms with Crippen molar-refractivity contribution in [2.45, 2.75) is 11.9 Å². The van der Waals surface area contributed by atoms with E-state index < -0.39 is 27.3 Å². The topological polar surface area (TPSA) is 86.2 Å². The highest BCUT2D eigenvalue weighted by molar-refractivity contribution is 7.89. The van der Waals surface area contributed by atoms with Gasteiger partial charge in [0.05, 0.1) is 16.9 Å². The van der Waals surface area contributed by atoms with Gasteiger partial charge in [-0.2, -0.15) is 13.2 Å². The Morgan fingerprint density at radius 2 is 2.00 bits per heavy atom. The summed E-state index contributed by atoms with van der Waals surface area (Å²) in [5, 5.41) is 3.51. The molecule has 2 aromatic rings. The minimum absolute atomic E-state index is 0.0191. The van der Waals surface area contributed by atoms with E-state index in [0.29, 0.717) is 0 Å². The van der Waals surface area contributed by atoms with Crippen molar-refractivity contribution in [3.05, 3.63) is 35.5 Å². The average molecular weight is 320 g/mol. The summed E-state index contributed by atoms with van der Waals surface area (Å²) in [7, 11) is -3.43. The number of nitrogen functional groups attached to an aromatic ring is 1. The van der Waals surface area contributed by atoms with Crippen molar-refractivity contribution in [1.82, 2.24) is 5.16 Å². The van der Waals surface area contributed by atoms with Gasteiger partial charge in [-0.3, -0.25) is 0 Å². The van der Waals surface area contributed by atoms with Crippen molar-refractivity contribution in [3.63, 3.8) is 0 Å². The molecule has 2 rings (SSSR count). The molecule has 5 nitrogen and oxygen atoms in total. The number of nitrogens with zero attached hydrogens (tertiary/aromatic N) is 1. The maximum Gasteiger partial charge on any atom is 0.416 e. The lowest BCUT2D eigenvalue weighted by Crippen LogP contribution is -2.05. The molecule has 0 unspecified atom stereocenters. The number of rotatable bonds is 3. The van der Waals surface area contributed by atoms with Gasteiger partial charge >= 0.3 is 6.18 Å². The molecular formula is C12H11F3N2O3S. The van der Waals surface area contributed by atoms with Crippen LogP contribution >= 0.6 is 0 Å². The van der Waals surface area contributed by atoms with Crippen molar-refractivity contribution < 1.29 is 26.1 Å². The highest BCUT2D eigenvalue weighted by atomic mass is 32.2. The molecule has 114 valence electrons. The summed E-state index contributed by atoms with van der Waals surface area (Å²) in [6.07, 6.45) is -3.54. The molecule has 0 fully saturated rings. The number of sulfone groups is 1. The lowest BCUT2D eigenvalue weighted by Gasteiger charge is -2.08. The fourth-order valence-corrected chi connectivity index (χ4v) is 2.54. The van der Waals surface area contributed by atoms with E-state index in [2.05, 4.69) is 5.16 Å². The fourth-order valence-electron chi connectivity index (χ4n) is 1.84. The van der Waals surface area contributed by atoms with Crippen LogP contribution in [0.25, 0.3) is 11.1 Å². The lowest BCUT2D eigenvalue weighted by atomic mass is 10.0. The Hall–Kier alpha value is -2.03. The van der Waals surface area contributed by atoms with Crippen LogP contribution in [0.1, 0.15) is 11.3 Å². The van der Waals surface area contributed by atoms with Gasteiger partial charge in [0.25, 0.3) is 0 Å². The number of aromatic nitrogens is 1. The van der Waals surface area contributed by atoms with E-state index in [-0.39, 0.29) is 22.7 Å². The van der Waals surface area contributed by atoms with E-state index in [1.807, 2.05) is 0 Å². The summed E-state index contributed by atoms with van der Waals surface area (Å²) in [5.74, 6) is -0.702. The van der Waals surface area contributed by atoms with Crippen LogP contribution in [0, 0.1) is 0 Å². The Kier molecular flexibility index (Phi) is 3.70. The van der Waals surface area contributed by atoms with Crippen molar-refractivity contribution in [3.8, 4) is 11.1 Å². The summed E-state index contributed by atoms with van der Waals surface area (Å²) in [6, 6.07) is 4.36. The Balaban J connectivity index is 2.55.